The van der Waals surface area contributed by atoms with E-state index in [4.69, 9.17) is 18.6 Å². The molecule has 1 aliphatic carbocycles. The van der Waals surface area contributed by atoms with E-state index in [1.165, 1.54) is 0 Å². The molecule has 0 spiro atoms. The highest BCUT2D eigenvalue weighted by molar-refractivity contribution is 6.74. The normalized spacial score (nSPS) is 30.2. The number of rotatable bonds is 7. The van der Waals surface area contributed by atoms with Gasteiger partial charge in [0.1, 0.15) is 12.2 Å². The summed E-state index contributed by atoms with van der Waals surface area (Å²) in [4.78, 5) is 0. The standard InChI is InChI=1S/C24H39NO5Si/c1-23(2,3)31(6,7)28-16-20-22(30-24(4,5)29-20)21-18(25-26)13-14-19(21)27-15-17-11-9-8-10-12-17/h8-12,19-22,26H,13-16H2,1-7H3/b25-18+/t19-,20-,21-,22-/m1/s1. The molecule has 4 atom stereocenters. The van der Waals surface area contributed by atoms with Crippen molar-refractivity contribution in [2.75, 3.05) is 6.61 Å². The van der Waals surface area contributed by atoms with Gasteiger partial charge in [-0.15, -0.1) is 0 Å². The lowest BCUT2D eigenvalue weighted by atomic mass is 9.93. The van der Waals surface area contributed by atoms with Crippen LogP contribution >= 0.6 is 0 Å². The number of hydrogen-bond donors (Lipinski definition) is 1. The first kappa shape index (κ1) is 24.4. The molecule has 0 unspecified atom stereocenters. The third-order valence-corrected chi connectivity index (χ3v) is 11.4. The molecule has 1 aromatic rings. The molecular weight excluding hydrogens is 410 g/mol. The van der Waals surface area contributed by atoms with Crippen LogP contribution in [0.1, 0.15) is 53.0 Å². The van der Waals surface area contributed by atoms with Crippen LogP contribution in [0.25, 0.3) is 0 Å². The van der Waals surface area contributed by atoms with Gasteiger partial charge in [0.25, 0.3) is 0 Å². The SMILES string of the molecule is CC1(C)O[C@@H]([C@@H]2/C(=N/O)CC[C@H]2OCc2ccccc2)[C@@H](CO[Si](C)(C)C(C)(C)C)O1. The molecule has 0 amide bonds. The van der Waals surface area contributed by atoms with E-state index in [9.17, 15) is 5.21 Å². The van der Waals surface area contributed by atoms with Crippen molar-refractivity contribution >= 4 is 14.0 Å². The van der Waals surface area contributed by atoms with Gasteiger partial charge in [-0.1, -0.05) is 56.3 Å². The highest BCUT2D eigenvalue weighted by Crippen LogP contribution is 2.42. The van der Waals surface area contributed by atoms with Crippen LogP contribution in [0, 0.1) is 5.92 Å². The third kappa shape index (κ3) is 5.76. The lowest BCUT2D eigenvalue weighted by molar-refractivity contribution is -0.153. The van der Waals surface area contributed by atoms with Crippen molar-refractivity contribution in [3.63, 3.8) is 0 Å². The molecule has 1 saturated carbocycles. The van der Waals surface area contributed by atoms with Gasteiger partial charge in [-0.05, 0) is 50.4 Å². The summed E-state index contributed by atoms with van der Waals surface area (Å²) < 4.78 is 25.4. The maximum absolute atomic E-state index is 9.69. The minimum Gasteiger partial charge on any atom is -0.414 e. The van der Waals surface area contributed by atoms with Gasteiger partial charge in [0.2, 0.25) is 0 Å². The molecule has 1 saturated heterocycles. The predicted octanol–water partition coefficient (Wildman–Crippen LogP) is 5.35. The molecule has 7 heteroatoms. The lowest BCUT2D eigenvalue weighted by Crippen LogP contribution is -2.46. The Morgan fingerprint density at radius 1 is 1.16 bits per heavy atom. The van der Waals surface area contributed by atoms with Gasteiger partial charge in [-0.3, -0.25) is 0 Å². The Morgan fingerprint density at radius 3 is 2.45 bits per heavy atom. The molecule has 1 aliphatic heterocycles. The van der Waals surface area contributed by atoms with Crippen LogP contribution in [0.4, 0.5) is 0 Å². The van der Waals surface area contributed by atoms with Crippen molar-refractivity contribution in [3.05, 3.63) is 35.9 Å². The average molecular weight is 450 g/mol. The summed E-state index contributed by atoms with van der Waals surface area (Å²) in [6.07, 6.45) is 0.869. The Labute approximate surface area is 188 Å². The maximum Gasteiger partial charge on any atom is 0.192 e. The zero-order chi connectivity index (χ0) is 22.9. The number of nitrogens with zero attached hydrogens (tertiary/aromatic N) is 1. The summed E-state index contributed by atoms with van der Waals surface area (Å²) in [5.41, 5.74) is 1.85. The first-order valence-corrected chi connectivity index (χ1v) is 14.2. The van der Waals surface area contributed by atoms with E-state index in [2.05, 4.69) is 51.2 Å². The number of benzene rings is 1. The monoisotopic (exact) mass is 449 g/mol. The third-order valence-electron chi connectivity index (χ3n) is 6.90. The van der Waals surface area contributed by atoms with Crippen molar-refractivity contribution < 1.29 is 23.8 Å². The Bertz CT molecular complexity index is 759. The minimum absolute atomic E-state index is 0.0935. The van der Waals surface area contributed by atoms with Crippen LogP contribution < -0.4 is 0 Å². The van der Waals surface area contributed by atoms with Gasteiger partial charge in [0.15, 0.2) is 14.1 Å². The number of oxime groups is 1. The number of hydrogen-bond acceptors (Lipinski definition) is 6. The molecule has 0 bridgehead atoms. The summed E-state index contributed by atoms with van der Waals surface area (Å²) in [5, 5.41) is 13.4. The Morgan fingerprint density at radius 2 is 1.84 bits per heavy atom. The van der Waals surface area contributed by atoms with Gasteiger partial charge in [0, 0.05) is 0 Å². The van der Waals surface area contributed by atoms with Crippen LogP contribution in [0.15, 0.2) is 35.5 Å². The van der Waals surface area contributed by atoms with Gasteiger partial charge < -0.3 is 23.8 Å². The molecule has 3 rings (SSSR count). The molecule has 2 fully saturated rings. The average Bonchev–Trinajstić information content (AvgIpc) is 3.23. The second-order valence-electron chi connectivity index (χ2n) is 10.7. The highest BCUT2D eigenvalue weighted by Gasteiger charge is 2.52. The zero-order valence-corrected chi connectivity index (χ0v) is 21.1. The molecule has 0 radical (unpaired) electrons. The molecule has 1 N–H and O–H groups in total. The van der Waals surface area contributed by atoms with Crippen LogP contribution in [0.2, 0.25) is 18.1 Å². The second kappa shape index (κ2) is 9.31. The van der Waals surface area contributed by atoms with Crippen molar-refractivity contribution in [2.45, 2.75) is 96.3 Å². The van der Waals surface area contributed by atoms with Gasteiger partial charge in [0.05, 0.1) is 30.9 Å². The first-order valence-electron chi connectivity index (χ1n) is 11.3. The molecular formula is C24H39NO5Si. The quantitative estimate of drug-likeness (QED) is 0.345. The van der Waals surface area contributed by atoms with Crippen molar-refractivity contribution in [1.29, 1.82) is 0 Å². The minimum atomic E-state index is -1.94. The van der Waals surface area contributed by atoms with E-state index in [0.29, 0.717) is 19.6 Å². The lowest BCUT2D eigenvalue weighted by Gasteiger charge is -2.37. The second-order valence-corrected chi connectivity index (χ2v) is 15.5. The van der Waals surface area contributed by atoms with Crippen molar-refractivity contribution in [2.24, 2.45) is 11.1 Å². The maximum atomic E-state index is 9.69. The van der Waals surface area contributed by atoms with E-state index in [0.717, 1.165) is 17.7 Å². The van der Waals surface area contributed by atoms with E-state index in [-0.39, 0.29) is 29.3 Å². The molecule has 174 valence electrons. The van der Waals surface area contributed by atoms with E-state index >= 15 is 0 Å². The summed E-state index contributed by atoms with van der Waals surface area (Å²) in [7, 11) is -1.94. The summed E-state index contributed by atoms with van der Waals surface area (Å²) in [6.45, 7) is 16.0. The van der Waals surface area contributed by atoms with Crippen LogP contribution in [-0.4, -0.2) is 49.9 Å². The van der Waals surface area contributed by atoms with Gasteiger partial charge >= 0.3 is 0 Å². The Hall–Kier alpha value is -1.25. The Kier molecular flexibility index (Phi) is 7.33. The van der Waals surface area contributed by atoms with Crippen molar-refractivity contribution in [3.8, 4) is 0 Å². The first-order chi connectivity index (χ1) is 14.4. The fourth-order valence-corrected chi connectivity index (χ4v) is 5.15. The number of ether oxygens (including phenoxy) is 3. The summed E-state index contributed by atoms with van der Waals surface area (Å²) >= 11 is 0. The van der Waals surface area contributed by atoms with Crippen LogP contribution in [-0.2, 0) is 25.2 Å². The molecule has 6 nitrogen and oxygen atoms in total. The van der Waals surface area contributed by atoms with Crippen molar-refractivity contribution in [1.82, 2.24) is 0 Å². The van der Waals surface area contributed by atoms with Gasteiger partial charge in [-0.25, -0.2) is 0 Å². The largest absolute Gasteiger partial charge is 0.414 e. The zero-order valence-electron chi connectivity index (χ0n) is 20.1. The highest BCUT2D eigenvalue weighted by atomic mass is 28.4. The van der Waals surface area contributed by atoms with Crippen LogP contribution in [0.5, 0.6) is 0 Å². The molecule has 1 heterocycles. The molecule has 1 aromatic carbocycles. The smallest absolute Gasteiger partial charge is 0.192 e. The predicted molar refractivity (Wildman–Crippen MR) is 124 cm³/mol. The summed E-state index contributed by atoms with van der Waals surface area (Å²) in [6, 6.07) is 10.1. The van der Waals surface area contributed by atoms with Gasteiger partial charge in [-0.2, -0.15) is 0 Å². The fraction of sp³-hybridized carbons (Fsp3) is 0.708. The molecule has 31 heavy (non-hydrogen) atoms. The fourth-order valence-electron chi connectivity index (χ4n) is 4.14. The molecule has 2 aliphatic rings. The Balaban J connectivity index is 1.76. The van der Waals surface area contributed by atoms with E-state index in [1.807, 2.05) is 32.0 Å². The topological polar surface area (TPSA) is 69.5 Å². The van der Waals surface area contributed by atoms with E-state index < -0.39 is 14.1 Å². The molecule has 0 aromatic heterocycles. The van der Waals surface area contributed by atoms with E-state index in [1.54, 1.807) is 0 Å². The summed E-state index contributed by atoms with van der Waals surface area (Å²) in [5.74, 6) is -0.886. The van der Waals surface area contributed by atoms with Crippen LogP contribution in [0.3, 0.4) is 0 Å².